The molecule has 0 aliphatic heterocycles. The van der Waals surface area contributed by atoms with Gasteiger partial charge in [-0.2, -0.15) is 0 Å². The Morgan fingerprint density at radius 1 is 1.27 bits per heavy atom. The molecule has 0 N–H and O–H groups in total. The molecule has 0 saturated carbocycles. The Morgan fingerprint density at radius 3 is 2.27 bits per heavy atom. The molecule has 2 heteroatoms. The van der Waals surface area contributed by atoms with Crippen molar-refractivity contribution >= 4 is 35.3 Å². The summed E-state index contributed by atoms with van der Waals surface area (Å²) in [5.74, 6) is 0.209. The Bertz CT molecular complexity index is 218. The van der Waals surface area contributed by atoms with E-state index in [-0.39, 0.29) is 35.3 Å². The van der Waals surface area contributed by atoms with E-state index in [1.165, 1.54) is 0 Å². The second-order valence-corrected chi connectivity index (χ2v) is 2.14. The van der Waals surface area contributed by atoms with E-state index in [4.69, 9.17) is 0 Å². The Labute approximate surface area is 89.1 Å². The van der Waals surface area contributed by atoms with Gasteiger partial charge in [-0.15, -0.1) is 0 Å². The van der Waals surface area contributed by atoms with E-state index in [1.807, 2.05) is 37.3 Å². The van der Waals surface area contributed by atoms with Gasteiger partial charge < -0.3 is 0 Å². The van der Waals surface area contributed by atoms with Crippen molar-refractivity contribution in [3.05, 3.63) is 35.9 Å². The van der Waals surface area contributed by atoms with Crippen LogP contribution in [0.1, 0.15) is 23.7 Å². The standard InChI is InChI=1S/C9H10O.Na/c1-2-9(10)8-6-4-3-5-7-8;/h3-7H,2H2,1H3;. The van der Waals surface area contributed by atoms with Crippen LogP contribution in [0.25, 0.3) is 0 Å². The molecule has 53 valence electrons. The van der Waals surface area contributed by atoms with Crippen LogP contribution >= 0.6 is 0 Å². The van der Waals surface area contributed by atoms with Crippen molar-refractivity contribution in [3.63, 3.8) is 0 Å². The summed E-state index contributed by atoms with van der Waals surface area (Å²) >= 11 is 0. The van der Waals surface area contributed by atoms with E-state index in [9.17, 15) is 4.79 Å². The monoisotopic (exact) mass is 157 g/mol. The van der Waals surface area contributed by atoms with Crippen LogP contribution in [0.4, 0.5) is 0 Å². The summed E-state index contributed by atoms with van der Waals surface area (Å²) < 4.78 is 0. The smallest absolute Gasteiger partial charge is 0.162 e. The molecule has 1 aromatic rings. The number of hydrogen-bond acceptors (Lipinski definition) is 1. The minimum atomic E-state index is 0. The Kier molecular flexibility index (Phi) is 5.47. The maximum Gasteiger partial charge on any atom is 0.162 e. The van der Waals surface area contributed by atoms with Gasteiger partial charge in [0.15, 0.2) is 5.78 Å². The van der Waals surface area contributed by atoms with Gasteiger partial charge in [0.25, 0.3) is 0 Å². The average Bonchev–Trinajstić information content (AvgIpc) is 2.05. The van der Waals surface area contributed by atoms with E-state index in [0.29, 0.717) is 6.42 Å². The Balaban J connectivity index is 0.000001000. The molecule has 11 heavy (non-hydrogen) atoms. The SMILES string of the molecule is CCC(=O)c1ccccc1.[Na]. The zero-order valence-corrected chi connectivity index (χ0v) is 9.00. The number of hydrogen-bond donors (Lipinski definition) is 0. The van der Waals surface area contributed by atoms with Crippen molar-refractivity contribution in [1.29, 1.82) is 0 Å². The maximum absolute atomic E-state index is 11.0. The summed E-state index contributed by atoms with van der Waals surface area (Å²) in [5.41, 5.74) is 0.810. The molecule has 0 amide bonds. The van der Waals surface area contributed by atoms with Gasteiger partial charge in [-0.1, -0.05) is 37.3 Å². The van der Waals surface area contributed by atoms with Crippen LogP contribution < -0.4 is 0 Å². The second-order valence-electron chi connectivity index (χ2n) is 2.14. The molecule has 1 aromatic carbocycles. The molecule has 0 aliphatic carbocycles. The predicted octanol–water partition coefficient (Wildman–Crippen LogP) is 1.90. The Hall–Kier alpha value is -0.110. The molecule has 0 unspecified atom stereocenters. The van der Waals surface area contributed by atoms with Crippen molar-refractivity contribution in [2.24, 2.45) is 0 Å². The first-order chi connectivity index (χ1) is 4.84. The summed E-state index contributed by atoms with van der Waals surface area (Å²) in [6.45, 7) is 1.87. The quantitative estimate of drug-likeness (QED) is 0.473. The predicted molar refractivity (Wildman–Crippen MR) is 46.8 cm³/mol. The van der Waals surface area contributed by atoms with Crippen LogP contribution in [0.3, 0.4) is 0 Å². The number of carbonyl (C=O) groups is 1. The van der Waals surface area contributed by atoms with Gasteiger partial charge in [0.2, 0.25) is 0 Å². The van der Waals surface area contributed by atoms with Crippen molar-refractivity contribution in [2.45, 2.75) is 13.3 Å². The minimum absolute atomic E-state index is 0. The molecule has 0 aliphatic rings. The van der Waals surface area contributed by atoms with Gasteiger partial charge in [0.05, 0.1) is 0 Å². The molecule has 0 spiro atoms. The van der Waals surface area contributed by atoms with Crippen molar-refractivity contribution in [2.75, 3.05) is 0 Å². The van der Waals surface area contributed by atoms with Gasteiger partial charge in [0, 0.05) is 41.5 Å². The fourth-order valence-corrected chi connectivity index (χ4v) is 0.828. The third-order valence-corrected chi connectivity index (χ3v) is 1.42. The molecule has 1 rings (SSSR count). The summed E-state index contributed by atoms with van der Waals surface area (Å²) in [7, 11) is 0. The first kappa shape index (κ1) is 10.9. The van der Waals surface area contributed by atoms with Crippen LogP contribution in [0.15, 0.2) is 30.3 Å². The average molecular weight is 157 g/mol. The molecular weight excluding hydrogens is 147 g/mol. The fourth-order valence-electron chi connectivity index (χ4n) is 0.828. The van der Waals surface area contributed by atoms with Crippen molar-refractivity contribution < 1.29 is 4.79 Å². The van der Waals surface area contributed by atoms with Gasteiger partial charge >= 0.3 is 0 Å². The Morgan fingerprint density at radius 2 is 1.82 bits per heavy atom. The normalized spacial score (nSPS) is 8.45. The van der Waals surface area contributed by atoms with Crippen LogP contribution in [0.2, 0.25) is 0 Å². The van der Waals surface area contributed by atoms with E-state index in [1.54, 1.807) is 0 Å². The van der Waals surface area contributed by atoms with E-state index >= 15 is 0 Å². The summed E-state index contributed by atoms with van der Waals surface area (Å²) in [6, 6.07) is 9.34. The number of carbonyl (C=O) groups excluding carboxylic acids is 1. The van der Waals surface area contributed by atoms with Crippen LogP contribution in [0.5, 0.6) is 0 Å². The molecule has 0 aromatic heterocycles. The molecule has 0 saturated heterocycles. The molecule has 1 nitrogen and oxygen atoms in total. The molecular formula is C9H10NaO. The van der Waals surface area contributed by atoms with Crippen LogP contribution in [0, 0.1) is 0 Å². The third kappa shape index (κ3) is 3.19. The van der Waals surface area contributed by atoms with E-state index in [2.05, 4.69) is 0 Å². The van der Waals surface area contributed by atoms with Gasteiger partial charge in [-0.05, 0) is 0 Å². The topological polar surface area (TPSA) is 17.1 Å². The first-order valence-electron chi connectivity index (χ1n) is 3.43. The molecule has 1 radical (unpaired) electrons. The van der Waals surface area contributed by atoms with Gasteiger partial charge in [-0.3, -0.25) is 4.79 Å². The zero-order valence-electron chi connectivity index (χ0n) is 7.00. The third-order valence-electron chi connectivity index (χ3n) is 1.42. The van der Waals surface area contributed by atoms with Gasteiger partial charge in [-0.25, -0.2) is 0 Å². The largest absolute Gasteiger partial charge is 0.294 e. The number of Topliss-reactive ketones (excluding diaryl/α,β-unsaturated/α-hetero) is 1. The minimum Gasteiger partial charge on any atom is -0.294 e. The van der Waals surface area contributed by atoms with Crippen molar-refractivity contribution in [1.82, 2.24) is 0 Å². The number of rotatable bonds is 2. The molecule has 0 atom stereocenters. The number of benzene rings is 1. The number of ketones is 1. The zero-order chi connectivity index (χ0) is 7.40. The molecule has 0 heterocycles. The van der Waals surface area contributed by atoms with E-state index in [0.717, 1.165) is 5.56 Å². The maximum atomic E-state index is 11.0. The second kappa shape index (κ2) is 5.53. The van der Waals surface area contributed by atoms with Crippen LogP contribution in [-0.4, -0.2) is 35.3 Å². The van der Waals surface area contributed by atoms with Gasteiger partial charge in [0.1, 0.15) is 0 Å². The summed E-state index contributed by atoms with van der Waals surface area (Å²) in [4.78, 5) is 11.0. The summed E-state index contributed by atoms with van der Waals surface area (Å²) in [5, 5.41) is 0. The molecule has 0 bridgehead atoms. The van der Waals surface area contributed by atoms with E-state index < -0.39 is 0 Å². The first-order valence-corrected chi connectivity index (χ1v) is 3.43. The fraction of sp³-hybridized carbons (Fsp3) is 0.222. The van der Waals surface area contributed by atoms with Crippen LogP contribution in [-0.2, 0) is 0 Å². The summed E-state index contributed by atoms with van der Waals surface area (Å²) in [6.07, 6.45) is 0.587. The molecule has 0 fully saturated rings. The van der Waals surface area contributed by atoms with Crippen molar-refractivity contribution in [3.8, 4) is 0 Å².